The van der Waals surface area contributed by atoms with Crippen molar-refractivity contribution in [3.63, 3.8) is 0 Å². The number of carbonyl (C=O) groups is 1. The molecule has 1 heterocycles. The van der Waals surface area contributed by atoms with Gasteiger partial charge in [0.25, 0.3) is 0 Å². The highest BCUT2D eigenvalue weighted by Gasteiger charge is 2.33. The first kappa shape index (κ1) is 21.9. The molecule has 1 aliphatic rings. The molecule has 0 aromatic rings. The van der Waals surface area contributed by atoms with Crippen molar-refractivity contribution < 1.29 is 19.4 Å². The maximum absolute atomic E-state index is 12.0. The van der Waals surface area contributed by atoms with E-state index >= 15 is 0 Å². The highest BCUT2D eigenvalue weighted by molar-refractivity contribution is 5.90. The van der Waals surface area contributed by atoms with Crippen molar-refractivity contribution in [2.24, 2.45) is 5.92 Å². The van der Waals surface area contributed by atoms with E-state index in [2.05, 4.69) is 6.92 Å². The molecule has 0 aliphatic carbocycles. The summed E-state index contributed by atoms with van der Waals surface area (Å²) in [6.07, 6.45) is 13.6. The third-order valence-electron chi connectivity index (χ3n) is 4.81. The molecule has 1 aliphatic heterocycles. The molecule has 0 saturated heterocycles. The first-order valence-corrected chi connectivity index (χ1v) is 9.86. The molecule has 0 spiro atoms. The number of aliphatic hydroxyl groups excluding tert-OH is 1. The van der Waals surface area contributed by atoms with Crippen LogP contribution in [0.1, 0.15) is 78.1 Å². The first-order chi connectivity index (χ1) is 12.1. The van der Waals surface area contributed by atoms with E-state index in [1.165, 1.54) is 0 Å². The van der Waals surface area contributed by atoms with Gasteiger partial charge in [0.15, 0.2) is 5.78 Å². The molecule has 0 bridgehead atoms. The summed E-state index contributed by atoms with van der Waals surface area (Å²) in [5.74, 6) is 1.26. The van der Waals surface area contributed by atoms with Crippen LogP contribution in [0.5, 0.6) is 0 Å². The van der Waals surface area contributed by atoms with Gasteiger partial charge < -0.3 is 14.6 Å². The van der Waals surface area contributed by atoms with E-state index in [0.717, 1.165) is 69.1 Å². The first-order valence-electron chi connectivity index (χ1n) is 9.86. The summed E-state index contributed by atoms with van der Waals surface area (Å²) in [5.41, 5.74) is 1.10. The van der Waals surface area contributed by atoms with Crippen LogP contribution in [0, 0.1) is 5.92 Å². The fourth-order valence-electron chi connectivity index (χ4n) is 3.30. The summed E-state index contributed by atoms with van der Waals surface area (Å²) in [4.78, 5) is 12.0. The quantitative estimate of drug-likeness (QED) is 0.356. The standard InChI is InChI=1S/C21H36O4/c1-4-5-9-12-18(23)14-15-19-17(2)25-21(24-3)20(19)13-10-7-6-8-11-16-22/h14-15,20-22H,4-13,16H2,1-3H3/b15-14+/t20-,21-/m1/s1. The van der Waals surface area contributed by atoms with Crippen LogP contribution in [0.3, 0.4) is 0 Å². The molecule has 0 saturated carbocycles. The molecule has 1 rings (SSSR count). The lowest BCUT2D eigenvalue weighted by atomic mass is 9.92. The number of ketones is 1. The van der Waals surface area contributed by atoms with Gasteiger partial charge in [-0.15, -0.1) is 0 Å². The maximum atomic E-state index is 12.0. The third kappa shape index (κ3) is 8.19. The number of carbonyl (C=O) groups excluding carboxylic acids is 1. The number of aliphatic hydroxyl groups is 1. The molecule has 25 heavy (non-hydrogen) atoms. The molecule has 4 heteroatoms. The van der Waals surface area contributed by atoms with Crippen LogP contribution in [-0.4, -0.2) is 30.9 Å². The number of rotatable bonds is 14. The van der Waals surface area contributed by atoms with Crippen molar-refractivity contribution in [3.8, 4) is 0 Å². The summed E-state index contributed by atoms with van der Waals surface area (Å²) in [7, 11) is 1.68. The van der Waals surface area contributed by atoms with Crippen LogP contribution in [0.2, 0.25) is 0 Å². The van der Waals surface area contributed by atoms with E-state index in [-0.39, 0.29) is 24.6 Å². The summed E-state index contributed by atoms with van der Waals surface area (Å²) >= 11 is 0. The second kappa shape index (κ2) is 13.1. The summed E-state index contributed by atoms with van der Waals surface area (Å²) in [6, 6.07) is 0. The molecule has 2 atom stereocenters. The summed E-state index contributed by atoms with van der Waals surface area (Å²) in [5, 5.41) is 8.82. The SMILES string of the molecule is CCCCCC(=O)/C=C/C1=C(C)O[C@@H](OC)[C@@H]1CCCCCCCO. The highest BCUT2D eigenvalue weighted by Crippen LogP contribution is 2.36. The lowest BCUT2D eigenvalue weighted by molar-refractivity contribution is -0.114. The van der Waals surface area contributed by atoms with Crippen LogP contribution >= 0.6 is 0 Å². The predicted octanol–water partition coefficient (Wildman–Crippen LogP) is 4.92. The molecular formula is C21H36O4. The monoisotopic (exact) mass is 352 g/mol. The Morgan fingerprint density at radius 2 is 1.88 bits per heavy atom. The molecule has 0 aromatic carbocycles. The average Bonchev–Trinajstić information content (AvgIpc) is 2.91. The minimum Gasteiger partial charge on any atom is -0.469 e. The van der Waals surface area contributed by atoms with Gasteiger partial charge in [0.2, 0.25) is 6.29 Å². The molecule has 4 nitrogen and oxygen atoms in total. The Hall–Kier alpha value is -1.13. The Bertz CT molecular complexity index is 439. The largest absolute Gasteiger partial charge is 0.469 e. The molecule has 0 aromatic heterocycles. The van der Waals surface area contributed by atoms with Crippen molar-refractivity contribution >= 4 is 5.78 Å². The van der Waals surface area contributed by atoms with Crippen LogP contribution in [0.15, 0.2) is 23.5 Å². The number of allylic oxidation sites excluding steroid dienone is 3. The Kier molecular flexibility index (Phi) is 11.5. The van der Waals surface area contributed by atoms with Crippen LogP contribution in [0.4, 0.5) is 0 Å². The van der Waals surface area contributed by atoms with E-state index in [0.29, 0.717) is 6.42 Å². The van der Waals surface area contributed by atoms with Crippen molar-refractivity contribution in [2.45, 2.75) is 84.3 Å². The van der Waals surface area contributed by atoms with Crippen molar-refractivity contribution in [2.75, 3.05) is 13.7 Å². The zero-order chi connectivity index (χ0) is 18.5. The van der Waals surface area contributed by atoms with Crippen LogP contribution in [0.25, 0.3) is 0 Å². The van der Waals surface area contributed by atoms with Gasteiger partial charge in [-0.3, -0.25) is 4.79 Å². The fraction of sp³-hybridized carbons (Fsp3) is 0.762. The molecule has 0 amide bonds. The summed E-state index contributed by atoms with van der Waals surface area (Å²) < 4.78 is 11.3. The number of methoxy groups -OCH3 is 1. The normalized spacial score (nSPS) is 20.5. The van der Waals surface area contributed by atoms with Gasteiger partial charge in [-0.2, -0.15) is 0 Å². The number of unbranched alkanes of at least 4 members (excludes halogenated alkanes) is 6. The zero-order valence-electron chi connectivity index (χ0n) is 16.3. The molecule has 144 valence electrons. The van der Waals surface area contributed by atoms with Gasteiger partial charge in [0.1, 0.15) is 5.76 Å². The lowest BCUT2D eigenvalue weighted by Crippen LogP contribution is -2.20. The highest BCUT2D eigenvalue weighted by atomic mass is 16.7. The summed E-state index contributed by atoms with van der Waals surface area (Å²) in [6.45, 7) is 4.38. The van der Waals surface area contributed by atoms with E-state index in [1.807, 2.05) is 13.0 Å². The average molecular weight is 353 g/mol. The van der Waals surface area contributed by atoms with Crippen molar-refractivity contribution in [3.05, 3.63) is 23.5 Å². The molecular weight excluding hydrogens is 316 g/mol. The van der Waals surface area contributed by atoms with E-state index in [1.54, 1.807) is 13.2 Å². The Morgan fingerprint density at radius 1 is 1.16 bits per heavy atom. The minimum absolute atomic E-state index is 0.192. The maximum Gasteiger partial charge on any atom is 0.206 e. The lowest BCUT2D eigenvalue weighted by Gasteiger charge is -2.18. The van der Waals surface area contributed by atoms with Gasteiger partial charge in [-0.1, -0.05) is 51.5 Å². The van der Waals surface area contributed by atoms with Gasteiger partial charge in [-0.05, 0) is 37.8 Å². The second-order valence-electron chi connectivity index (χ2n) is 6.88. The van der Waals surface area contributed by atoms with Gasteiger partial charge in [-0.25, -0.2) is 0 Å². The number of ether oxygens (including phenoxy) is 2. The Labute approximate surface area is 153 Å². The molecule has 0 fully saturated rings. The second-order valence-corrected chi connectivity index (χ2v) is 6.88. The van der Waals surface area contributed by atoms with E-state index < -0.39 is 0 Å². The minimum atomic E-state index is -0.243. The predicted molar refractivity (Wildman–Crippen MR) is 101 cm³/mol. The van der Waals surface area contributed by atoms with Gasteiger partial charge in [0, 0.05) is 26.1 Å². The van der Waals surface area contributed by atoms with Crippen molar-refractivity contribution in [1.82, 2.24) is 0 Å². The van der Waals surface area contributed by atoms with E-state index in [4.69, 9.17) is 14.6 Å². The molecule has 1 N–H and O–H groups in total. The topological polar surface area (TPSA) is 55.8 Å². The van der Waals surface area contributed by atoms with Gasteiger partial charge >= 0.3 is 0 Å². The Balaban J connectivity index is 2.52. The number of hydrogen-bond donors (Lipinski definition) is 1. The van der Waals surface area contributed by atoms with Crippen LogP contribution < -0.4 is 0 Å². The smallest absolute Gasteiger partial charge is 0.206 e. The zero-order valence-corrected chi connectivity index (χ0v) is 16.3. The van der Waals surface area contributed by atoms with E-state index in [9.17, 15) is 4.79 Å². The number of hydrogen-bond acceptors (Lipinski definition) is 4. The van der Waals surface area contributed by atoms with Crippen LogP contribution in [-0.2, 0) is 14.3 Å². The molecule has 0 unspecified atom stereocenters. The molecule has 0 radical (unpaired) electrons. The third-order valence-corrected chi connectivity index (χ3v) is 4.81. The fourth-order valence-corrected chi connectivity index (χ4v) is 3.30. The Morgan fingerprint density at radius 3 is 2.56 bits per heavy atom. The van der Waals surface area contributed by atoms with Crippen molar-refractivity contribution in [1.29, 1.82) is 0 Å². The van der Waals surface area contributed by atoms with Gasteiger partial charge in [0.05, 0.1) is 0 Å².